The van der Waals surface area contributed by atoms with Crippen LogP contribution in [0, 0.1) is 17.8 Å². The zero-order valence-corrected chi connectivity index (χ0v) is 7.81. The molecule has 2 fully saturated rings. The Balaban J connectivity index is 1.64. The number of alkyl halides is 2. The van der Waals surface area contributed by atoms with Crippen molar-refractivity contribution in [1.29, 1.82) is 0 Å². The van der Waals surface area contributed by atoms with Gasteiger partial charge in [-0.3, -0.25) is 0 Å². The van der Waals surface area contributed by atoms with E-state index in [0.717, 1.165) is 18.4 Å². The molecular formula is C10H17F2N. The molecule has 2 rings (SSSR count). The maximum Gasteiger partial charge on any atom is 0.250 e. The van der Waals surface area contributed by atoms with E-state index >= 15 is 0 Å². The van der Waals surface area contributed by atoms with Gasteiger partial charge >= 0.3 is 0 Å². The van der Waals surface area contributed by atoms with Crippen molar-refractivity contribution in [2.45, 2.75) is 32.1 Å². The summed E-state index contributed by atoms with van der Waals surface area (Å²) >= 11 is 0. The number of rotatable bonds is 6. The average molecular weight is 189 g/mol. The first-order valence-corrected chi connectivity index (χ1v) is 5.26. The highest BCUT2D eigenvalue weighted by Gasteiger charge is 2.40. The smallest absolute Gasteiger partial charge is 0.250 e. The molecule has 0 radical (unpaired) electrons. The first kappa shape index (κ1) is 9.38. The lowest BCUT2D eigenvalue weighted by Crippen LogP contribution is -2.29. The molecule has 2 aliphatic carbocycles. The second-order valence-corrected chi connectivity index (χ2v) is 4.39. The van der Waals surface area contributed by atoms with Gasteiger partial charge in [-0.2, -0.15) is 0 Å². The van der Waals surface area contributed by atoms with Crippen molar-refractivity contribution in [3.8, 4) is 0 Å². The quantitative estimate of drug-likeness (QED) is 0.676. The SMILES string of the molecule is FC(F)CNCC(C1CC1)C1CC1. The van der Waals surface area contributed by atoms with Gasteiger partial charge in [0, 0.05) is 0 Å². The third kappa shape index (κ3) is 2.90. The highest BCUT2D eigenvalue weighted by Crippen LogP contribution is 2.48. The molecule has 0 spiro atoms. The lowest BCUT2D eigenvalue weighted by Gasteiger charge is -2.15. The van der Waals surface area contributed by atoms with E-state index < -0.39 is 6.43 Å². The molecule has 2 aliphatic rings. The van der Waals surface area contributed by atoms with Crippen molar-refractivity contribution >= 4 is 0 Å². The molecule has 13 heavy (non-hydrogen) atoms. The van der Waals surface area contributed by atoms with E-state index in [1.807, 2.05) is 0 Å². The molecule has 76 valence electrons. The third-order valence-corrected chi connectivity index (χ3v) is 3.13. The van der Waals surface area contributed by atoms with Crippen LogP contribution in [-0.4, -0.2) is 19.5 Å². The summed E-state index contributed by atoms with van der Waals surface area (Å²) in [7, 11) is 0. The zero-order valence-electron chi connectivity index (χ0n) is 7.81. The summed E-state index contributed by atoms with van der Waals surface area (Å²) in [6.07, 6.45) is 3.13. The van der Waals surface area contributed by atoms with E-state index in [-0.39, 0.29) is 6.54 Å². The van der Waals surface area contributed by atoms with Gasteiger partial charge in [0.1, 0.15) is 0 Å². The summed E-state index contributed by atoms with van der Waals surface area (Å²) in [6, 6.07) is 0. The molecule has 1 nitrogen and oxygen atoms in total. The molecule has 3 heteroatoms. The molecule has 0 atom stereocenters. The molecule has 0 aromatic rings. The van der Waals surface area contributed by atoms with Crippen molar-refractivity contribution in [1.82, 2.24) is 5.32 Å². The molecular weight excluding hydrogens is 172 g/mol. The van der Waals surface area contributed by atoms with Crippen LogP contribution in [-0.2, 0) is 0 Å². The Labute approximate surface area is 77.9 Å². The molecule has 0 unspecified atom stereocenters. The van der Waals surface area contributed by atoms with E-state index in [2.05, 4.69) is 5.32 Å². The Morgan fingerprint density at radius 3 is 1.92 bits per heavy atom. The minimum Gasteiger partial charge on any atom is -0.311 e. The minimum atomic E-state index is -2.20. The van der Waals surface area contributed by atoms with Crippen LogP contribution in [0.3, 0.4) is 0 Å². The van der Waals surface area contributed by atoms with E-state index in [0.29, 0.717) is 5.92 Å². The summed E-state index contributed by atoms with van der Waals surface area (Å²) in [5, 5.41) is 2.88. The summed E-state index contributed by atoms with van der Waals surface area (Å²) in [5.74, 6) is 2.43. The highest BCUT2D eigenvalue weighted by molar-refractivity contribution is 4.92. The molecule has 2 saturated carbocycles. The van der Waals surface area contributed by atoms with Gasteiger partial charge in [0.15, 0.2) is 0 Å². The third-order valence-electron chi connectivity index (χ3n) is 3.13. The van der Waals surface area contributed by atoms with Gasteiger partial charge in [-0.1, -0.05) is 0 Å². The molecule has 1 N–H and O–H groups in total. The predicted octanol–water partition coefficient (Wildman–Crippen LogP) is 2.28. The van der Waals surface area contributed by atoms with Gasteiger partial charge in [0.2, 0.25) is 0 Å². The van der Waals surface area contributed by atoms with Crippen LogP contribution in [0.25, 0.3) is 0 Å². The summed E-state index contributed by atoms with van der Waals surface area (Å²) in [4.78, 5) is 0. The molecule has 0 heterocycles. The van der Waals surface area contributed by atoms with Gasteiger partial charge in [-0.25, -0.2) is 8.78 Å². The minimum absolute atomic E-state index is 0.129. The van der Waals surface area contributed by atoms with Gasteiger partial charge < -0.3 is 5.32 Å². The second-order valence-electron chi connectivity index (χ2n) is 4.39. The number of hydrogen-bond acceptors (Lipinski definition) is 1. The van der Waals surface area contributed by atoms with Crippen LogP contribution in [0.15, 0.2) is 0 Å². The largest absolute Gasteiger partial charge is 0.311 e. The summed E-state index contributed by atoms with van der Waals surface area (Å²) < 4.78 is 23.7. The van der Waals surface area contributed by atoms with Crippen molar-refractivity contribution in [3.05, 3.63) is 0 Å². The first-order valence-electron chi connectivity index (χ1n) is 5.26. The maximum absolute atomic E-state index is 11.9. The fourth-order valence-corrected chi connectivity index (χ4v) is 2.13. The fourth-order valence-electron chi connectivity index (χ4n) is 2.13. The summed E-state index contributed by atoms with van der Waals surface area (Å²) in [6.45, 7) is 0.690. The van der Waals surface area contributed by atoms with E-state index in [4.69, 9.17) is 0 Å². The van der Waals surface area contributed by atoms with Crippen molar-refractivity contribution in [2.75, 3.05) is 13.1 Å². The zero-order chi connectivity index (χ0) is 9.26. The van der Waals surface area contributed by atoms with Gasteiger partial charge in [0.05, 0.1) is 6.54 Å². The van der Waals surface area contributed by atoms with Gasteiger partial charge in [-0.15, -0.1) is 0 Å². The normalized spacial score (nSPS) is 23.1. The van der Waals surface area contributed by atoms with Crippen LogP contribution in [0.1, 0.15) is 25.7 Å². The van der Waals surface area contributed by atoms with Gasteiger partial charge in [0.25, 0.3) is 6.43 Å². The molecule has 0 bridgehead atoms. The average Bonchev–Trinajstić information content (AvgIpc) is 2.89. The monoisotopic (exact) mass is 189 g/mol. The van der Waals surface area contributed by atoms with Gasteiger partial charge in [-0.05, 0) is 50.0 Å². The van der Waals surface area contributed by atoms with Crippen LogP contribution in [0.2, 0.25) is 0 Å². The standard InChI is InChI=1S/C10H17F2N/c11-10(12)6-13-5-9(7-1-2-7)8-3-4-8/h7-10,13H,1-6H2. The van der Waals surface area contributed by atoms with Crippen molar-refractivity contribution in [2.24, 2.45) is 17.8 Å². The van der Waals surface area contributed by atoms with Crippen molar-refractivity contribution < 1.29 is 8.78 Å². The molecule has 0 aromatic carbocycles. The highest BCUT2D eigenvalue weighted by atomic mass is 19.3. The first-order chi connectivity index (χ1) is 6.27. The molecule has 0 saturated heterocycles. The lowest BCUT2D eigenvalue weighted by molar-refractivity contribution is 0.142. The van der Waals surface area contributed by atoms with Crippen LogP contribution >= 0.6 is 0 Å². The fraction of sp³-hybridized carbons (Fsp3) is 1.00. The topological polar surface area (TPSA) is 12.0 Å². The predicted molar refractivity (Wildman–Crippen MR) is 47.8 cm³/mol. The number of halogens is 2. The number of nitrogens with one attached hydrogen (secondary N) is 1. The Bertz CT molecular complexity index is 152. The molecule has 0 aromatic heterocycles. The van der Waals surface area contributed by atoms with E-state index in [9.17, 15) is 8.78 Å². The van der Waals surface area contributed by atoms with E-state index in [1.54, 1.807) is 0 Å². The second kappa shape index (κ2) is 3.91. The Morgan fingerprint density at radius 2 is 1.54 bits per heavy atom. The number of hydrogen-bond donors (Lipinski definition) is 1. The van der Waals surface area contributed by atoms with Crippen molar-refractivity contribution in [3.63, 3.8) is 0 Å². The Kier molecular flexibility index (Phi) is 2.82. The summed E-state index contributed by atoms with van der Waals surface area (Å²) in [5.41, 5.74) is 0. The molecule has 0 aliphatic heterocycles. The molecule has 0 amide bonds. The van der Waals surface area contributed by atoms with Crippen LogP contribution in [0.4, 0.5) is 8.78 Å². The van der Waals surface area contributed by atoms with E-state index in [1.165, 1.54) is 25.7 Å². The van der Waals surface area contributed by atoms with Crippen LogP contribution < -0.4 is 5.32 Å². The maximum atomic E-state index is 11.9. The Morgan fingerprint density at radius 1 is 1.00 bits per heavy atom. The van der Waals surface area contributed by atoms with Crippen LogP contribution in [0.5, 0.6) is 0 Å². The Hall–Kier alpha value is -0.180. The lowest BCUT2D eigenvalue weighted by atomic mass is 9.98.